The topological polar surface area (TPSA) is 71.5 Å². The van der Waals surface area contributed by atoms with Gasteiger partial charge >= 0.3 is 0 Å². The van der Waals surface area contributed by atoms with Gasteiger partial charge in [-0.25, -0.2) is 4.98 Å². The number of amides is 1. The first-order valence-corrected chi connectivity index (χ1v) is 7.51. The van der Waals surface area contributed by atoms with Gasteiger partial charge in [0.1, 0.15) is 5.69 Å². The van der Waals surface area contributed by atoms with Gasteiger partial charge in [-0.3, -0.25) is 4.79 Å². The molecule has 0 spiro atoms. The maximum absolute atomic E-state index is 12.0. The number of aryl methyl sites for hydroxylation is 1. The fourth-order valence-electron chi connectivity index (χ4n) is 2.23. The van der Waals surface area contributed by atoms with E-state index in [0.717, 1.165) is 18.5 Å². The minimum atomic E-state index is -0.817. The Bertz CT molecular complexity index is 487. The number of aromatic nitrogens is 1. The number of carbonyl (C=O) groups excluding carboxylic acids is 1. The predicted molar refractivity (Wildman–Crippen MR) is 78.6 cm³/mol. The largest absolute Gasteiger partial charge is 0.387 e. The van der Waals surface area contributed by atoms with Crippen LogP contribution in [0.15, 0.2) is 16.6 Å². The van der Waals surface area contributed by atoms with Gasteiger partial charge in [-0.15, -0.1) is 0 Å². The Morgan fingerprint density at radius 3 is 3.10 bits per heavy atom. The van der Waals surface area contributed by atoms with Gasteiger partial charge in [-0.05, 0) is 54.2 Å². The van der Waals surface area contributed by atoms with Gasteiger partial charge in [0.05, 0.1) is 12.2 Å². The molecule has 1 atom stereocenters. The van der Waals surface area contributed by atoms with Crippen molar-refractivity contribution in [2.45, 2.75) is 31.8 Å². The van der Waals surface area contributed by atoms with Gasteiger partial charge in [-0.2, -0.15) is 0 Å². The van der Waals surface area contributed by atoms with E-state index in [0.29, 0.717) is 36.3 Å². The van der Waals surface area contributed by atoms with Crippen molar-refractivity contribution in [2.75, 3.05) is 19.8 Å². The molecule has 1 aliphatic rings. The van der Waals surface area contributed by atoms with E-state index < -0.39 is 5.60 Å². The molecular weight excluding hydrogens is 324 g/mol. The summed E-state index contributed by atoms with van der Waals surface area (Å²) in [5.41, 5.74) is 0.345. The van der Waals surface area contributed by atoms with Crippen LogP contribution in [0.4, 0.5) is 0 Å². The molecule has 2 heterocycles. The van der Waals surface area contributed by atoms with E-state index in [-0.39, 0.29) is 5.91 Å². The average Bonchev–Trinajstić information content (AvgIpc) is 2.42. The van der Waals surface area contributed by atoms with E-state index in [1.807, 2.05) is 13.0 Å². The Kier molecular flexibility index (Phi) is 5.12. The molecular formula is C14H19BrN2O3. The second kappa shape index (κ2) is 6.65. The molecule has 1 amide bonds. The number of aliphatic hydroxyl groups is 1. The summed E-state index contributed by atoms with van der Waals surface area (Å²) < 4.78 is 5.95. The zero-order chi connectivity index (χ0) is 14.6. The van der Waals surface area contributed by atoms with Gasteiger partial charge in [-0.1, -0.05) is 0 Å². The first kappa shape index (κ1) is 15.4. The van der Waals surface area contributed by atoms with E-state index in [2.05, 4.69) is 26.2 Å². The summed E-state index contributed by atoms with van der Waals surface area (Å²) in [6.07, 6.45) is 2.06. The van der Waals surface area contributed by atoms with Crippen LogP contribution in [0.1, 0.15) is 35.4 Å². The molecule has 0 aromatic carbocycles. The molecule has 0 aliphatic carbocycles. The van der Waals surface area contributed by atoms with Crippen LogP contribution in [0.3, 0.4) is 0 Å². The fraction of sp³-hybridized carbons (Fsp3) is 0.571. The normalized spacial score (nSPS) is 22.6. The number of hydrogen-bond acceptors (Lipinski definition) is 4. The molecule has 20 heavy (non-hydrogen) atoms. The van der Waals surface area contributed by atoms with Crippen molar-refractivity contribution in [1.82, 2.24) is 10.3 Å². The number of nitrogens with zero attached hydrogens (tertiary/aromatic N) is 1. The van der Waals surface area contributed by atoms with E-state index in [4.69, 9.17) is 4.74 Å². The Labute approximate surface area is 126 Å². The van der Waals surface area contributed by atoms with Crippen LogP contribution in [0, 0.1) is 6.92 Å². The number of nitrogens with one attached hydrogen (secondary N) is 1. The molecule has 1 saturated heterocycles. The predicted octanol–water partition coefficient (Wildman–Crippen LogP) is 1.81. The lowest BCUT2D eigenvalue weighted by Gasteiger charge is -2.31. The second-order valence-electron chi connectivity index (χ2n) is 5.17. The highest BCUT2D eigenvalue weighted by molar-refractivity contribution is 9.10. The van der Waals surface area contributed by atoms with E-state index >= 15 is 0 Å². The summed E-state index contributed by atoms with van der Waals surface area (Å²) in [5, 5.41) is 13.0. The molecule has 110 valence electrons. The molecule has 1 aliphatic heterocycles. The second-order valence-corrected chi connectivity index (χ2v) is 6.02. The highest BCUT2D eigenvalue weighted by Gasteiger charge is 2.29. The summed E-state index contributed by atoms with van der Waals surface area (Å²) in [5.74, 6) is -0.235. The number of pyridine rings is 1. The van der Waals surface area contributed by atoms with Crippen molar-refractivity contribution in [1.29, 1.82) is 0 Å². The number of hydrogen-bond donors (Lipinski definition) is 2. The lowest BCUT2D eigenvalue weighted by atomic mass is 9.93. The van der Waals surface area contributed by atoms with Gasteiger partial charge < -0.3 is 15.2 Å². The monoisotopic (exact) mass is 342 g/mol. The third kappa shape index (κ3) is 4.01. The number of halogens is 1. The zero-order valence-electron chi connectivity index (χ0n) is 11.5. The Morgan fingerprint density at radius 1 is 1.60 bits per heavy atom. The van der Waals surface area contributed by atoms with Gasteiger partial charge in [0.25, 0.3) is 5.91 Å². The van der Waals surface area contributed by atoms with Crippen molar-refractivity contribution in [2.24, 2.45) is 0 Å². The molecule has 0 bridgehead atoms. The molecule has 1 unspecified atom stereocenters. The van der Waals surface area contributed by atoms with Crippen LogP contribution in [0.25, 0.3) is 0 Å². The maximum Gasteiger partial charge on any atom is 0.271 e. The van der Waals surface area contributed by atoms with E-state index in [1.54, 1.807) is 6.07 Å². The van der Waals surface area contributed by atoms with E-state index in [1.165, 1.54) is 0 Å². The molecule has 6 heteroatoms. The molecule has 1 aromatic heterocycles. The summed E-state index contributed by atoms with van der Waals surface area (Å²) in [7, 11) is 0. The van der Waals surface area contributed by atoms with Crippen molar-refractivity contribution in [3.63, 3.8) is 0 Å². The summed E-state index contributed by atoms with van der Waals surface area (Å²) >= 11 is 3.32. The fourth-order valence-corrected chi connectivity index (χ4v) is 2.63. The van der Waals surface area contributed by atoms with Crippen molar-refractivity contribution in [3.05, 3.63) is 28.0 Å². The quantitative estimate of drug-likeness (QED) is 0.875. The number of ether oxygens (including phenoxy) is 1. The van der Waals surface area contributed by atoms with Crippen molar-refractivity contribution in [3.8, 4) is 0 Å². The van der Waals surface area contributed by atoms with Crippen LogP contribution >= 0.6 is 15.9 Å². The highest BCUT2D eigenvalue weighted by atomic mass is 79.9. The highest BCUT2D eigenvalue weighted by Crippen LogP contribution is 2.22. The van der Waals surface area contributed by atoms with E-state index in [9.17, 15) is 9.90 Å². The molecule has 0 saturated carbocycles. The Morgan fingerprint density at radius 2 is 2.40 bits per heavy atom. The van der Waals surface area contributed by atoms with Crippen LogP contribution < -0.4 is 5.32 Å². The SMILES string of the molecule is Cc1ccc(Br)c(C(=O)NCCC2(O)CCCOC2)n1. The number of rotatable bonds is 4. The molecule has 1 fully saturated rings. The lowest BCUT2D eigenvalue weighted by molar-refractivity contribution is -0.0887. The average molecular weight is 343 g/mol. The van der Waals surface area contributed by atoms with Crippen LogP contribution in [0.5, 0.6) is 0 Å². The molecule has 2 rings (SSSR count). The molecule has 1 aromatic rings. The van der Waals surface area contributed by atoms with Crippen LogP contribution in [-0.2, 0) is 4.74 Å². The first-order valence-electron chi connectivity index (χ1n) is 6.72. The molecule has 2 N–H and O–H groups in total. The summed E-state index contributed by atoms with van der Waals surface area (Å²) in [6, 6.07) is 3.64. The standard InChI is InChI=1S/C14H19BrN2O3/c1-10-3-4-11(15)12(17-10)13(18)16-7-6-14(19)5-2-8-20-9-14/h3-4,19H,2,5-9H2,1H3,(H,16,18). The van der Waals surface area contributed by atoms with Crippen molar-refractivity contribution >= 4 is 21.8 Å². The summed E-state index contributed by atoms with van der Waals surface area (Å²) in [4.78, 5) is 16.3. The van der Waals surface area contributed by atoms with Crippen LogP contribution in [0.2, 0.25) is 0 Å². The minimum absolute atomic E-state index is 0.235. The lowest BCUT2D eigenvalue weighted by Crippen LogP contribution is -2.42. The molecule has 5 nitrogen and oxygen atoms in total. The third-order valence-electron chi connectivity index (χ3n) is 3.38. The van der Waals surface area contributed by atoms with Gasteiger partial charge in [0, 0.05) is 23.3 Å². The first-order chi connectivity index (χ1) is 9.50. The minimum Gasteiger partial charge on any atom is -0.387 e. The molecule has 0 radical (unpaired) electrons. The Balaban J connectivity index is 1.87. The zero-order valence-corrected chi connectivity index (χ0v) is 13.1. The summed E-state index contributed by atoms with van der Waals surface area (Å²) in [6.45, 7) is 3.29. The maximum atomic E-state index is 12.0. The smallest absolute Gasteiger partial charge is 0.271 e. The van der Waals surface area contributed by atoms with Gasteiger partial charge in [0.15, 0.2) is 0 Å². The number of carbonyl (C=O) groups is 1. The Hall–Kier alpha value is -0.980. The van der Waals surface area contributed by atoms with Crippen LogP contribution in [-0.4, -0.2) is 41.4 Å². The van der Waals surface area contributed by atoms with Gasteiger partial charge in [0.2, 0.25) is 0 Å². The van der Waals surface area contributed by atoms with Crippen molar-refractivity contribution < 1.29 is 14.6 Å². The third-order valence-corrected chi connectivity index (χ3v) is 4.02.